The number of nitrogens with one attached hydrogen (secondary N) is 1. The van der Waals surface area contributed by atoms with Gasteiger partial charge in [0.05, 0.1) is 7.11 Å². The Labute approximate surface area is 116 Å². The molecule has 2 atom stereocenters. The summed E-state index contributed by atoms with van der Waals surface area (Å²) in [5, 5.41) is 3.64. The minimum Gasteiger partial charge on any atom is -0.496 e. The Kier molecular flexibility index (Phi) is 4.48. The molecule has 106 valence electrons. The molecule has 0 amide bonds. The Morgan fingerprint density at radius 1 is 1.26 bits per heavy atom. The third-order valence-electron chi connectivity index (χ3n) is 4.14. The van der Waals surface area contributed by atoms with Crippen LogP contribution >= 0.6 is 0 Å². The maximum Gasteiger partial charge on any atom is 0.122 e. The highest BCUT2D eigenvalue weighted by Crippen LogP contribution is 2.33. The SMILES string of the molecule is COc1cc(C)c(C(C2CCCN2)N(C)C)cc1C. The van der Waals surface area contributed by atoms with E-state index in [-0.39, 0.29) is 0 Å². The minimum atomic E-state index is 0.437. The van der Waals surface area contributed by atoms with Crippen LogP contribution in [0.3, 0.4) is 0 Å². The first-order valence-electron chi connectivity index (χ1n) is 7.09. The highest BCUT2D eigenvalue weighted by molar-refractivity contribution is 5.43. The third-order valence-corrected chi connectivity index (χ3v) is 4.14. The van der Waals surface area contributed by atoms with Gasteiger partial charge in [-0.25, -0.2) is 0 Å². The van der Waals surface area contributed by atoms with Gasteiger partial charge in [-0.05, 0) is 70.1 Å². The van der Waals surface area contributed by atoms with Crippen LogP contribution in [0, 0.1) is 13.8 Å². The highest BCUT2D eigenvalue weighted by Gasteiger charge is 2.29. The molecule has 2 rings (SSSR count). The van der Waals surface area contributed by atoms with E-state index < -0.39 is 0 Å². The smallest absolute Gasteiger partial charge is 0.122 e. The Bertz CT molecular complexity index is 437. The van der Waals surface area contributed by atoms with Gasteiger partial charge in [-0.1, -0.05) is 6.07 Å². The molecule has 1 aliphatic heterocycles. The van der Waals surface area contributed by atoms with Crippen LogP contribution in [0.15, 0.2) is 12.1 Å². The van der Waals surface area contributed by atoms with Gasteiger partial charge < -0.3 is 15.0 Å². The molecule has 2 unspecified atom stereocenters. The fraction of sp³-hybridized carbons (Fsp3) is 0.625. The quantitative estimate of drug-likeness (QED) is 0.903. The van der Waals surface area contributed by atoms with E-state index >= 15 is 0 Å². The molecular weight excluding hydrogens is 236 g/mol. The van der Waals surface area contributed by atoms with Crippen LogP contribution in [-0.4, -0.2) is 38.7 Å². The van der Waals surface area contributed by atoms with Crippen molar-refractivity contribution >= 4 is 0 Å². The Balaban J connectivity index is 2.38. The lowest BCUT2D eigenvalue weighted by molar-refractivity contribution is 0.243. The summed E-state index contributed by atoms with van der Waals surface area (Å²) in [6, 6.07) is 5.45. The number of hydrogen-bond donors (Lipinski definition) is 1. The Morgan fingerprint density at radius 2 is 2.00 bits per heavy atom. The van der Waals surface area contributed by atoms with Gasteiger partial charge in [0.1, 0.15) is 5.75 Å². The van der Waals surface area contributed by atoms with Gasteiger partial charge in [-0.3, -0.25) is 0 Å². The molecule has 3 heteroatoms. The first kappa shape index (κ1) is 14.4. The van der Waals surface area contributed by atoms with Crippen molar-refractivity contribution in [1.82, 2.24) is 10.2 Å². The number of aryl methyl sites for hydroxylation is 2. The van der Waals surface area contributed by atoms with E-state index in [9.17, 15) is 0 Å². The van der Waals surface area contributed by atoms with Crippen LogP contribution in [0.1, 0.15) is 35.6 Å². The number of methoxy groups -OCH3 is 1. The monoisotopic (exact) mass is 262 g/mol. The highest BCUT2D eigenvalue weighted by atomic mass is 16.5. The van der Waals surface area contributed by atoms with Crippen LogP contribution in [0.2, 0.25) is 0 Å². The average Bonchev–Trinajstić information content (AvgIpc) is 2.86. The molecule has 1 heterocycles. The lowest BCUT2D eigenvalue weighted by atomic mass is 9.92. The molecule has 1 aromatic carbocycles. The maximum atomic E-state index is 5.42. The second kappa shape index (κ2) is 5.93. The maximum absolute atomic E-state index is 5.42. The van der Waals surface area contributed by atoms with Gasteiger partial charge in [0.25, 0.3) is 0 Å². The molecule has 0 bridgehead atoms. The van der Waals surface area contributed by atoms with Crippen LogP contribution < -0.4 is 10.1 Å². The molecule has 0 spiro atoms. The molecule has 1 saturated heterocycles. The number of ether oxygens (including phenoxy) is 1. The van der Waals surface area contributed by atoms with E-state index in [1.54, 1.807) is 7.11 Å². The minimum absolute atomic E-state index is 0.437. The predicted molar refractivity (Wildman–Crippen MR) is 79.9 cm³/mol. The largest absolute Gasteiger partial charge is 0.496 e. The summed E-state index contributed by atoms with van der Waals surface area (Å²) in [6.07, 6.45) is 2.54. The fourth-order valence-corrected chi connectivity index (χ4v) is 3.19. The predicted octanol–water partition coefficient (Wildman–Crippen LogP) is 2.67. The fourth-order valence-electron chi connectivity index (χ4n) is 3.19. The molecule has 1 aliphatic rings. The second-order valence-electron chi connectivity index (χ2n) is 5.79. The molecule has 0 aromatic heterocycles. The van der Waals surface area contributed by atoms with Crippen molar-refractivity contribution < 1.29 is 4.74 Å². The summed E-state index contributed by atoms with van der Waals surface area (Å²) in [7, 11) is 6.08. The van der Waals surface area contributed by atoms with Crippen molar-refractivity contribution in [2.45, 2.75) is 38.8 Å². The lowest BCUT2D eigenvalue weighted by Gasteiger charge is -2.32. The molecule has 0 saturated carbocycles. The van der Waals surface area contributed by atoms with Crippen LogP contribution in [0.5, 0.6) is 5.75 Å². The van der Waals surface area contributed by atoms with Gasteiger partial charge in [-0.2, -0.15) is 0 Å². The van der Waals surface area contributed by atoms with Crippen molar-refractivity contribution in [2.24, 2.45) is 0 Å². The molecule has 1 aromatic rings. The van der Waals surface area contributed by atoms with E-state index in [2.05, 4.69) is 50.3 Å². The van der Waals surface area contributed by atoms with Crippen LogP contribution in [0.25, 0.3) is 0 Å². The number of rotatable bonds is 4. The van der Waals surface area contributed by atoms with Crippen molar-refractivity contribution in [2.75, 3.05) is 27.7 Å². The summed E-state index contributed by atoms with van der Waals surface area (Å²) in [4.78, 5) is 2.33. The summed E-state index contributed by atoms with van der Waals surface area (Å²) in [5.41, 5.74) is 3.95. The van der Waals surface area contributed by atoms with Crippen molar-refractivity contribution in [3.8, 4) is 5.75 Å². The molecule has 0 radical (unpaired) electrons. The normalized spacial score (nSPS) is 20.8. The Hall–Kier alpha value is -1.06. The molecule has 1 N–H and O–H groups in total. The van der Waals surface area contributed by atoms with E-state index in [0.29, 0.717) is 12.1 Å². The van der Waals surface area contributed by atoms with E-state index in [1.165, 1.54) is 29.5 Å². The molecule has 19 heavy (non-hydrogen) atoms. The van der Waals surface area contributed by atoms with Crippen LogP contribution in [-0.2, 0) is 0 Å². The zero-order chi connectivity index (χ0) is 14.0. The molecule has 0 aliphatic carbocycles. The third kappa shape index (κ3) is 2.93. The van der Waals surface area contributed by atoms with E-state index in [4.69, 9.17) is 4.74 Å². The van der Waals surface area contributed by atoms with Gasteiger partial charge in [-0.15, -0.1) is 0 Å². The average molecular weight is 262 g/mol. The zero-order valence-corrected chi connectivity index (χ0v) is 12.8. The topological polar surface area (TPSA) is 24.5 Å². The summed E-state index contributed by atoms with van der Waals surface area (Å²) >= 11 is 0. The van der Waals surface area contributed by atoms with Crippen molar-refractivity contribution in [3.63, 3.8) is 0 Å². The Morgan fingerprint density at radius 3 is 2.53 bits per heavy atom. The molecule has 3 nitrogen and oxygen atoms in total. The number of nitrogens with zero attached hydrogens (tertiary/aromatic N) is 1. The van der Waals surface area contributed by atoms with Gasteiger partial charge >= 0.3 is 0 Å². The first-order valence-corrected chi connectivity index (χ1v) is 7.09. The summed E-state index contributed by atoms with van der Waals surface area (Å²) < 4.78 is 5.42. The van der Waals surface area contributed by atoms with Crippen molar-refractivity contribution in [3.05, 3.63) is 28.8 Å². The van der Waals surface area contributed by atoms with E-state index in [0.717, 1.165) is 12.3 Å². The first-order chi connectivity index (χ1) is 9.04. The second-order valence-corrected chi connectivity index (χ2v) is 5.79. The standard InChI is InChI=1S/C16H26N2O/c1-11-10-15(19-5)12(2)9-13(11)16(18(3)4)14-7-6-8-17-14/h9-10,14,16-17H,6-8H2,1-5H3. The number of hydrogen-bond acceptors (Lipinski definition) is 3. The summed E-state index contributed by atoms with van der Waals surface area (Å²) in [5.74, 6) is 0.984. The zero-order valence-electron chi connectivity index (χ0n) is 12.8. The summed E-state index contributed by atoms with van der Waals surface area (Å²) in [6.45, 7) is 5.45. The number of benzene rings is 1. The van der Waals surface area contributed by atoms with E-state index in [1.807, 2.05) is 0 Å². The lowest BCUT2D eigenvalue weighted by Crippen LogP contribution is -2.37. The molecular formula is C16H26N2O. The van der Waals surface area contributed by atoms with Gasteiger partial charge in [0.2, 0.25) is 0 Å². The van der Waals surface area contributed by atoms with Gasteiger partial charge in [0.15, 0.2) is 0 Å². The van der Waals surface area contributed by atoms with Crippen LogP contribution in [0.4, 0.5) is 0 Å². The number of likely N-dealkylation sites (N-methyl/N-ethyl adjacent to an activating group) is 1. The van der Waals surface area contributed by atoms with Gasteiger partial charge in [0, 0.05) is 12.1 Å². The van der Waals surface area contributed by atoms with Crippen molar-refractivity contribution in [1.29, 1.82) is 0 Å². The molecule has 1 fully saturated rings.